The maximum absolute atomic E-state index is 12.2. The van der Waals surface area contributed by atoms with Gasteiger partial charge in [-0.05, 0) is 86.4 Å². The molecule has 4 saturated carbocycles. The van der Waals surface area contributed by atoms with E-state index in [1.54, 1.807) is 0 Å². The van der Waals surface area contributed by atoms with Crippen LogP contribution in [0, 0.1) is 34.5 Å². The first kappa shape index (κ1) is 16.6. The number of allylic oxidation sites excluding steroid dienone is 1. The summed E-state index contributed by atoms with van der Waals surface area (Å²) in [7, 11) is 0. The maximum Gasteiger partial charge on any atom is 0.162 e. The second-order valence-electron chi connectivity index (χ2n) is 9.88. The minimum absolute atomic E-state index is 0.0531. The number of Topliss-reactive ketones (excluding diaryl/α,β-unsaturated/α-hetero) is 1. The van der Waals surface area contributed by atoms with Crippen LogP contribution in [0.1, 0.15) is 72.1 Å². The van der Waals surface area contributed by atoms with Crippen LogP contribution in [-0.4, -0.2) is 21.6 Å². The van der Waals surface area contributed by atoms with Crippen LogP contribution in [0.5, 0.6) is 0 Å². The smallest absolute Gasteiger partial charge is 0.162 e. The summed E-state index contributed by atoms with van der Waals surface area (Å²) in [5.41, 5.74) is 0.304. The van der Waals surface area contributed by atoms with E-state index in [4.69, 9.17) is 0 Å². The molecule has 0 heterocycles. The summed E-state index contributed by atoms with van der Waals surface area (Å²) in [5, 5.41) is 20.5. The molecular formula is C21H32O3. The topological polar surface area (TPSA) is 57.5 Å². The van der Waals surface area contributed by atoms with Gasteiger partial charge >= 0.3 is 0 Å². The van der Waals surface area contributed by atoms with E-state index in [0.29, 0.717) is 35.7 Å². The lowest BCUT2D eigenvalue weighted by Gasteiger charge is -2.61. The van der Waals surface area contributed by atoms with Gasteiger partial charge in [-0.25, -0.2) is 0 Å². The van der Waals surface area contributed by atoms with Gasteiger partial charge in [-0.3, -0.25) is 4.79 Å². The third-order valence-electron chi connectivity index (χ3n) is 9.14. The van der Waals surface area contributed by atoms with Crippen molar-refractivity contribution in [2.75, 3.05) is 0 Å². The summed E-state index contributed by atoms with van der Waals surface area (Å²) in [5.74, 6) is 2.55. The van der Waals surface area contributed by atoms with Crippen molar-refractivity contribution in [3.63, 3.8) is 0 Å². The summed E-state index contributed by atoms with van der Waals surface area (Å²) in [6, 6.07) is 0. The van der Waals surface area contributed by atoms with E-state index in [0.717, 1.165) is 44.8 Å². The number of aliphatic hydroxyl groups excluding tert-OH is 1. The van der Waals surface area contributed by atoms with Gasteiger partial charge < -0.3 is 10.2 Å². The van der Waals surface area contributed by atoms with Crippen molar-refractivity contribution in [3.8, 4) is 0 Å². The first-order chi connectivity index (χ1) is 11.2. The van der Waals surface area contributed by atoms with Crippen LogP contribution in [0.4, 0.5) is 0 Å². The van der Waals surface area contributed by atoms with Gasteiger partial charge in [0.15, 0.2) is 5.78 Å². The van der Waals surface area contributed by atoms with Crippen molar-refractivity contribution in [1.29, 1.82) is 0 Å². The molecule has 0 aromatic carbocycles. The molecule has 0 aliphatic heterocycles. The van der Waals surface area contributed by atoms with E-state index in [1.807, 2.05) is 6.92 Å². The second kappa shape index (κ2) is 5.09. The number of aliphatic hydroxyl groups is 2. The van der Waals surface area contributed by atoms with E-state index < -0.39 is 5.60 Å². The van der Waals surface area contributed by atoms with Gasteiger partial charge in [0.05, 0.1) is 11.9 Å². The highest BCUT2D eigenvalue weighted by Crippen LogP contribution is 2.68. The molecule has 0 saturated heterocycles. The highest BCUT2D eigenvalue weighted by Gasteiger charge is 2.63. The van der Waals surface area contributed by atoms with E-state index >= 15 is 0 Å². The summed E-state index contributed by atoms with van der Waals surface area (Å²) >= 11 is 0. The molecule has 4 aliphatic carbocycles. The van der Waals surface area contributed by atoms with Crippen molar-refractivity contribution in [2.24, 2.45) is 34.5 Å². The molecule has 0 aromatic heterocycles. The molecular weight excluding hydrogens is 300 g/mol. The number of fused-ring (bicyclic) bond motifs is 5. The monoisotopic (exact) mass is 332 g/mol. The van der Waals surface area contributed by atoms with E-state index in [1.165, 1.54) is 6.42 Å². The minimum atomic E-state index is -0.529. The Kier molecular flexibility index (Phi) is 3.53. The molecule has 0 aromatic rings. The van der Waals surface area contributed by atoms with Crippen LogP contribution in [-0.2, 0) is 4.79 Å². The number of hydrogen-bond donors (Lipinski definition) is 2. The molecule has 0 amide bonds. The summed E-state index contributed by atoms with van der Waals surface area (Å²) in [4.78, 5) is 12.2. The Bertz CT molecular complexity index is 592. The molecule has 0 bridgehead atoms. The van der Waals surface area contributed by atoms with Crippen LogP contribution >= 0.6 is 0 Å². The Morgan fingerprint density at radius 3 is 2.46 bits per heavy atom. The highest BCUT2D eigenvalue weighted by molar-refractivity contribution is 5.96. The fraction of sp³-hybridized carbons (Fsp3) is 0.857. The number of carbonyl (C=O) groups excluding carboxylic acids is 1. The number of hydrogen-bond acceptors (Lipinski definition) is 3. The molecule has 0 unspecified atom stereocenters. The lowest BCUT2D eigenvalue weighted by atomic mass is 9.44. The van der Waals surface area contributed by atoms with Crippen LogP contribution in [0.2, 0.25) is 0 Å². The number of rotatable bonds is 0. The predicted octanol–water partition coefficient (Wildman–Crippen LogP) is 4.40. The molecule has 3 heteroatoms. The number of ketones is 1. The Morgan fingerprint density at radius 2 is 1.75 bits per heavy atom. The van der Waals surface area contributed by atoms with Crippen LogP contribution in [0.25, 0.3) is 0 Å². The zero-order valence-electron chi connectivity index (χ0n) is 15.3. The molecule has 0 radical (unpaired) electrons. The van der Waals surface area contributed by atoms with Crippen molar-refractivity contribution < 1.29 is 15.0 Å². The quantitative estimate of drug-likeness (QED) is 0.510. The van der Waals surface area contributed by atoms with Gasteiger partial charge in [0.25, 0.3) is 0 Å². The second-order valence-corrected chi connectivity index (χ2v) is 9.88. The van der Waals surface area contributed by atoms with Crippen LogP contribution < -0.4 is 0 Å². The zero-order valence-corrected chi connectivity index (χ0v) is 15.3. The molecule has 0 spiro atoms. The van der Waals surface area contributed by atoms with Crippen molar-refractivity contribution in [1.82, 2.24) is 0 Å². The predicted molar refractivity (Wildman–Crippen MR) is 93.5 cm³/mol. The summed E-state index contributed by atoms with van der Waals surface area (Å²) < 4.78 is 0. The van der Waals surface area contributed by atoms with Crippen LogP contribution in [0.15, 0.2) is 11.8 Å². The molecule has 4 rings (SSSR count). The molecule has 3 nitrogen and oxygen atoms in total. The Labute approximate surface area is 145 Å². The fourth-order valence-electron chi connectivity index (χ4n) is 7.37. The highest BCUT2D eigenvalue weighted by atomic mass is 16.3. The van der Waals surface area contributed by atoms with Gasteiger partial charge in [-0.15, -0.1) is 0 Å². The van der Waals surface area contributed by atoms with Crippen molar-refractivity contribution in [3.05, 3.63) is 11.8 Å². The first-order valence-electron chi connectivity index (χ1n) is 9.82. The largest absolute Gasteiger partial charge is 0.515 e. The van der Waals surface area contributed by atoms with E-state index in [2.05, 4.69) is 13.8 Å². The summed E-state index contributed by atoms with van der Waals surface area (Å²) in [6.45, 7) is 6.74. The van der Waals surface area contributed by atoms with Crippen molar-refractivity contribution >= 4 is 5.78 Å². The molecule has 24 heavy (non-hydrogen) atoms. The molecule has 2 N–H and O–H groups in total. The molecule has 4 fully saturated rings. The first-order valence-corrected chi connectivity index (χ1v) is 9.82. The number of carbonyl (C=O) groups is 1. The molecule has 4 aliphatic rings. The average molecular weight is 332 g/mol. The Morgan fingerprint density at radius 1 is 1.04 bits per heavy atom. The van der Waals surface area contributed by atoms with Gasteiger partial charge in [0, 0.05) is 12.0 Å². The van der Waals surface area contributed by atoms with Gasteiger partial charge in [0.2, 0.25) is 0 Å². The molecule has 134 valence electrons. The zero-order chi connectivity index (χ0) is 17.3. The third-order valence-corrected chi connectivity index (χ3v) is 9.14. The van der Waals surface area contributed by atoms with Crippen molar-refractivity contribution in [2.45, 2.75) is 77.7 Å². The lowest BCUT2D eigenvalue weighted by molar-refractivity contribution is -0.147. The SMILES string of the molecule is C[C@]12C/C(=C\O)C(=O)C[C@@H]1CC[C@@H]1[C@@H]2CC[C@@]2(C)[C@H]1CC[C@]2(C)O. The minimum Gasteiger partial charge on any atom is -0.515 e. The van der Waals surface area contributed by atoms with E-state index in [-0.39, 0.29) is 16.6 Å². The maximum atomic E-state index is 12.2. The Hall–Kier alpha value is -0.830. The lowest BCUT2D eigenvalue weighted by Crippen LogP contribution is -2.56. The van der Waals surface area contributed by atoms with E-state index in [9.17, 15) is 15.0 Å². The fourth-order valence-corrected chi connectivity index (χ4v) is 7.37. The normalized spacial score (nSPS) is 55.8. The third kappa shape index (κ3) is 1.97. The average Bonchev–Trinajstić information content (AvgIpc) is 2.77. The standard InChI is InChI=1S/C21H32O3/c1-19-11-13(12-22)18(23)10-14(19)4-5-15-16(19)6-8-20(2)17(15)7-9-21(20,3)24/h12,14-17,22,24H,4-11H2,1-3H3/b13-12+/t14-,15+,16-,17-,19-,20-,21-/m0/s1. The molecule has 7 atom stereocenters. The van der Waals surface area contributed by atoms with Gasteiger partial charge in [0.1, 0.15) is 0 Å². The Balaban J connectivity index is 1.67. The summed E-state index contributed by atoms with van der Waals surface area (Å²) in [6.07, 6.45) is 9.11. The van der Waals surface area contributed by atoms with Crippen LogP contribution in [0.3, 0.4) is 0 Å². The van der Waals surface area contributed by atoms with Gasteiger partial charge in [-0.1, -0.05) is 13.8 Å². The van der Waals surface area contributed by atoms with Gasteiger partial charge in [-0.2, -0.15) is 0 Å².